The van der Waals surface area contributed by atoms with Gasteiger partial charge in [0.1, 0.15) is 0 Å². The average Bonchev–Trinajstić information content (AvgIpc) is 2.04. The Kier molecular flexibility index (Phi) is 2.62. The predicted molar refractivity (Wildman–Crippen MR) is 43.2 cm³/mol. The third-order valence-electron chi connectivity index (χ3n) is 1.34. The van der Waals surface area contributed by atoms with Crippen LogP contribution in [0.4, 0.5) is 5.69 Å². The first-order valence-electron chi connectivity index (χ1n) is 3.11. The Labute approximate surface area is 67.7 Å². The molecular weight excluding hydrogens is 162 g/mol. The summed E-state index contributed by atoms with van der Waals surface area (Å²) in [5.74, 6) is 0. The highest BCUT2D eigenvalue weighted by molar-refractivity contribution is 7.79. The number of para-hydroxylation sites is 1. The zero-order valence-corrected chi connectivity index (χ0v) is 6.85. The van der Waals surface area contributed by atoms with Crippen LogP contribution in [0.25, 0.3) is 0 Å². The van der Waals surface area contributed by atoms with Gasteiger partial charge in [-0.1, -0.05) is 12.1 Å². The summed E-state index contributed by atoms with van der Waals surface area (Å²) in [5, 5.41) is 2.78. The first-order valence-corrected chi connectivity index (χ1v) is 4.19. The lowest BCUT2D eigenvalue weighted by Gasteiger charge is -2.09. The Morgan fingerprint density at radius 1 is 1.45 bits per heavy atom. The van der Waals surface area contributed by atoms with Crippen molar-refractivity contribution in [2.45, 2.75) is 4.90 Å². The van der Waals surface area contributed by atoms with Gasteiger partial charge >= 0.3 is 0 Å². The molecule has 1 aromatic rings. The molecule has 0 radical (unpaired) electrons. The van der Waals surface area contributed by atoms with Crippen LogP contribution in [0.2, 0.25) is 0 Å². The molecule has 4 heteroatoms. The highest BCUT2D eigenvalue weighted by Gasteiger charge is 1.97. The van der Waals surface area contributed by atoms with Crippen molar-refractivity contribution in [3.05, 3.63) is 24.3 Å². The first kappa shape index (κ1) is 8.23. The van der Waals surface area contributed by atoms with Gasteiger partial charge in [-0.05, 0) is 23.2 Å². The molecule has 1 aromatic carbocycles. The maximum Gasteiger partial charge on any atom is 0.0490 e. The van der Waals surface area contributed by atoms with Crippen LogP contribution in [0.3, 0.4) is 0 Å². The lowest BCUT2D eigenvalue weighted by atomic mass is 10.3. The fourth-order valence-corrected chi connectivity index (χ4v) is 1.36. The van der Waals surface area contributed by atoms with E-state index in [9.17, 15) is 8.76 Å². The lowest BCUT2D eigenvalue weighted by Crippen LogP contribution is -1.96. The first-order chi connectivity index (χ1) is 5.25. The van der Waals surface area contributed by atoms with E-state index in [1.165, 1.54) is 0 Å². The second-order valence-corrected chi connectivity index (χ2v) is 2.89. The highest BCUT2D eigenvalue weighted by Crippen LogP contribution is 2.16. The van der Waals surface area contributed by atoms with Crippen LogP contribution < -0.4 is 5.32 Å². The van der Waals surface area contributed by atoms with Crippen LogP contribution >= 0.6 is 0 Å². The molecule has 0 aliphatic carbocycles. The quantitative estimate of drug-likeness (QED) is 0.673. The minimum atomic E-state index is -2.15. The molecule has 3 nitrogen and oxygen atoms in total. The minimum absolute atomic E-state index is 0.301. The summed E-state index contributed by atoms with van der Waals surface area (Å²) in [4.78, 5) is 0.301. The van der Waals surface area contributed by atoms with Crippen molar-refractivity contribution in [1.29, 1.82) is 0 Å². The molecule has 0 aliphatic heterocycles. The van der Waals surface area contributed by atoms with Crippen molar-refractivity contribution in [2.75, 3.05) is 12.4 Å². The van der Waals surface area contributed by atoms with Crippen LogP contribution in [-0.4, -0.2) is 15.8 Å². The molecular formula is C7H8NO2S-. The van der Waals surface area contributed by atoms with Gasteiger partial charge < -0.3 is 9.87 Å². The number of hydrogen-bond acceptors (Lipinski definition) is 3. The van der Waals surface area contributed by atoms with Gasteiger partial charge in [-0.3, -0.25) is 4.21 Å². The number of hydrogen-bond donors (Lipinski definition) is 1. The maximum atomic E-state index is 10.5. The van der Waals surface area contributed by atoms with Crippen molar-refractivity contribution in [3.63, 3.8) is 0 Å². The molecule has 11 heavy (non-hydrogen) atoms. The molecule has 0 bridgehead atoms. The van der Waals surface area contributed by atoms with Gasteiger partial charge in [0.2, 0.25) is 0 Å². The van der Waals surface area contributed by atoms with Crippen molar-refractivity contribution in [1.82, 2.24) is 0 Å². The molecule has 0 spiro atoms. The monoisotopic (exact) mass is 170 g/mol. The molecule has 1 rings (SSSR count). The van der Waals surface area contributed by atoms with Crippen molar-refractivity contribution >= 4 is 16.8 Å². The normalized spacial score (nSPS) is 12.5. The third kappa shape index (κ3) is 1.78. The molecule has 60 valence electrons. The second kappa shape index (κ2) is 3.50. The van der Waals surface area contributed by atoms with E-state index in [0.717, 1.165) is 0 Å². The fourth-order valence-electron chi connectivity index (χ4n) is 0.819. The van der Waals surface area contributed by atoms with Gasteiger partial charge in [0.15, 0.2) is 0 Å². The molecule has 0 amide bonds. The SMILES string of the molecule is CNc1ccccc1S(=O)[O-]. The third-order valence-corrected chi connectivity index (χ3v) is 2.05. The summed E-state index contributed by atoms with van der Waals surface area (Å²) >= 11 is -2.15. The minimum Gasteiger partial charge on any atom is -0.768 e. The zero-order chi connectivity index (χ0) is 8.27. The van der Waals surface area contributed by atoms with Crippen LogP contribution in [0.5, 0.6) is 0 Å². The van der Waals surface area contributed by atoms with Crippen molar-refractivity contribution in [3.8, 4) is 0 Å². The van der Waals surface area contributed by atoms with Gasteiger partial charge in [-0.25, -0.2) is 0 Å². The summed E-state index contributed by atoms with van der Waals surface area (Å²) in [7, 11) is 1.69. The highest BCUT2D eigenvalue weighted by atomic mass is 32.2. The van der Waals surface area contributed by atoms with E-state index in [1.54, 1.807) is 31.3 Å². The fraction of sp³-hybridized carbons (Fsp3) is 0.143. The lowest BCUT2D eigenvalue weighted by molar-refractivity contribution is 0.537. The Balaban J connectivity index is 3.12. The zero-order valence-electron chi connectivity index (χ0n) is 6.03. The number of benzene rings is 1. The standard InChI is InChI=1S/C7H9NO2S/c1-8-6-4-2-3-5-7(6)11(9)10/h2-5,8H,1H3,(H,9,10)/p-1. The van der Waals surface area contributed by atoms with Crippen LogP contribution in [0, 0.1) is 0 Å². The summed E-state index contributed by atoms with van der Waals surface area (Å²) in [6, 6.07) is 6.73. The van der Waals surface area contributed by atoms with E-state index in [1.807, 2.05) is 0 Å². The molecule has 1 N–H and O–H groups in total. The average molecular weight is 170 g/mol. The number of rotatable bonds is 2. The Morgan fingerprint density at radius 3 is 2.55 bits per heavy atom. The van der Waals surface area contributed by atoms with E-state index in [-0.39, 0.29) is 0 Å². The van der Waals surface area contributed by atoms with Crippen LogP contribution in [0.1, 0.15) is 0 Å². The number of nitrogens with one attached hydrogen (secondary N) is 1. The van der Waals surface area contributed by atoms with Crippen molar-refractivity contribution in [2.24, 2.45) is 0 Å². The smallest absolute Gasteiger partial charge is 0.0490 e. The van der Waals surface area contributed by atoms with Crippen molar-refractivity contribution < 1.29 is 8.76 Å². The Hall–Kier alpha value is -0.870. The van der Waals surface area contributed by atoms with Gasteiger partial charge in [-0.15, -0.1) is 0 Å². The Morgan fingerprint density at radius 2 is 2.09 bits per heavy atom. The molecule has 0 saturated heterocycles. The second-order valence-electron chi connectivity index (χ2n) is 1.98. The summed E-state index contributed by atoms with van der Waals surface area (Å²) in [6.07, 6.45) is 0. The molecule has 0 aliphatic rings. The van der Waals surface area contributed by atoms with E-state index in [0.29, 0.717) is 10.6 Å². The van der Waals surface area contributed by atoms with E-state index in [4.69, 9.17) is 0 Å². The maximum absolute atomic E-state index is 10.5. The van der Waals surface area contributed by atoms with Gasteiger partial charge in [0, 0.05) is 17.6 Å². The molecule has 0 aromatic heterocycles. The molecule has 1 atom stereocenters. The van der Waals surface area contributed by atoms with E-state index in [2.05, 4.69) is 5.32 Å². The van der Waals surface area contributed by atoms with Gasteiger partial charge in [0.05, 0.1) is 0 Å². The topological polar surface area (TPSA) is 52.2 Å². The summed E-state index contributed by atoms with van der Waals surface area (Å²) in [6.45, 7) is 0. The molecule has 0 fully saturated rings. The Bertz CT molecular complexity index is 275. The van der Waals surface area contributed by atoms with Gasteiger partial charge in [0.25, 0.3) is 0 Å². The molecule has 0 heterocycles. The predicted octanol–water partition coefficient (Wildman–Crippen LogP) is 0.966. The van der Waals surface area contributed by atoms with Gasteiger partial charge in [-0.2, -0.15) is 0 Å². The summed E-state index contributed by atoms with van der Waals surface area (Å²) < 4.78 is 21.1. The van der Waals surface area contributed by atoms with E-state index >= 15 is 0 Å². The summed E-state index contributed by atoms with van der Waals surface area (Å²) in [5.41, 5.74) is 0.626. The molecule has 1 unspecified atom stereocenters. The van der Waals surface area contributed by atoms with E-state index < -0.39 is 11.1 Å². The largest absolute Gasteiger partial charge is 0.768 e. The van der Waals surface area contributed by atoms with Crippen LogP contribution in [-0.2, 0) is 11.1 Å². The molecule has 0 saturated carbocycles. The number of anilines is 1. The van der Waals surface area contributed by atoms with Crippen LogP contribution in [0.15, 0.2) is 29.2 Å².